The van der Waals surface area contributed by atoms with Crippen LogP contribution in [0.15, 0.2) is 30.7 Å². The molecule has 0 unspecified atom stereocenters. The van der Waals surface area contributed by atoms with Gasteiger partial charge in [0, 0.05) is 18.0 Å². The molecule has 0 radical (unpaired) electrons. The quantitative estimate of drug-likeness (QED) is 0.579. The van der Waals surface area contributed by atoms with Gasteiger partial charge in [-0.1, -0.05) is 25.6 Å². The van der Waals surface area contributed by atoms with Gasteiger partial charge >= 0.3 is 0 Å². The molecule has 0 spiro atoms. The second kappa shape index (κ2) is 4.79. The normalized spacial score (nSPS) is 10.9. The van der Waals surface area contributed by atoms with Crippen molar-refractivity contribution in [1.82, 2.24) is 14.8 Å². The Kier molecular flexibility index (Phi) is 3.35. The molecule has 2 aromatic heterocycles. The highest BCUT2D eigenvalue weighted by Crippen LogP contribution is 2.08. The van der Waals surface area contributed by atoms with Crippen LogP contribution in [0.1, 0.15) is 11.3 Å². The van der Waals surface area contributed by atoms with E-state index in [4.69, 9.17) is 0 Å². The first kappa shape index (κ1) is 12.6. The van der Waals surface area contributed by atoms with Crippen molar-refractivity contribution in [1.29, 1.82) is 0 Å². The molecule has 0 bridgehead atoms. The molecule has 0 atom stereocenters. The predicted octanol–water partition coefficient (Wildman–Crippen LogP) is 2.80. The van der Waals surface area contributed by atoms with E-state index < -0.39 is 8.07 Å². The summed E-state index contributed by atoms with van der Waals surface area (Å²) in [7, 11) is -1.34. The zero-order chi connectivity index (χ0) is 13.2. The van der Waals surface area contributed by atoms with Gasteiger partial charge in [0.1, 0.15) is 8.07 Å². The van der Waals surface area contributed by atoms with Crippen LogP contribution in [0.5, 0.6) is 0 Å². The summed E-state index contributed by atoms with van der Waals surface area (Å²) in [5.74, 6) is 3.21. The van der Waals surface area contributed by atoms with Crippen LogP contribution in [0.4, 0.5) is 0 Å². The molecule has 0 aliphatic heterocycles. The summed E-state index contributed by atoms with van der Waals surface area (Å²) in [5.41, 5.74) is 6.23. The molecule has 92 valence electrons. The number of aryl methyl sites for hydroxylation is 1. The van der Waals surface area contributed by atoms with E-state index in [1.807, 2.05) is 29.9 Å². The number of nitrogens with zero attached hydrogens (tertiary/aromatic N) is 3. The maximum Gasteiger partial charge on any atom is 0.129 e. The molecule has 0 saturated heterocycles. The van der Waals surface area contributed by atoms with Crippen molar-refractivity contribution in [2.24, 2.45) is 0 Å². The summed E-state index contributed by atoms with van der Waals surface area (Å²) in [6.45, 7) is 8.66. The lowest BCUT2D eigenvalue weighted by Crippen LogP contribution is -2.16. The SMILES string of the molecule is Cc1ccn(-c2cncc(C#C[Si](C)(C)C)c2)n1. The van der Waals surface area contributed by atoms with Crippen molar-refractivity contribution in [2.75, 3.05) is 0 Å². The van der Waals surface area contributed by atoms with Gasteiger partial charge in [0.25, 0.3) is 0 Å². The molecule has 0 amide bonds. The Bertz CT molecular complexity index is 612. The minimum Gasteiger partial charge on any atom is -0.261 e. The van der Waals surface area contributed by atoms with E-state index in [9.17, 15) is 0 Å². The molecular weight excluding hydrogens is 238 g/mol. The monoisotopic (exact) mass is 255 g/mol. The second-order valence-electron chi connectivity index (χ2n) is 5.33. The molecule has 0 aromatic carbocycles. The third kappa shape index (κ3) is 3.31. The Morgan fingerprint density at radius 3 is 2.61 bits per heavy atom. The fourth-order valence-electron chi connectivity index (χ4n) is 1.44. The molecule has 0 N–H and O–H groups in total. The van der Waals surface area contributed by atoms with Crippen molar-refractivity contribution in [3.63, 3.8) is 0 Å². The fourth-order valence-corrected chi connectivity index (χ4v) is 1.96. The summed E-state index contributed by atoms with van der Waals surface area (Å²) in [6, 6.07) is 3.99. The summed E-state index contributed by atoms with van der Waals surface area (Å²) in [6.07, 6.45) is 5.53. The highest BCUT2D eigenvalue weighted by atomic mass is 28.3. The first-order chi connectivity index (χ1) is 8.44. The number of hydrogen-bond donors (Lipinski definition) is 0. The lowest BCUT2D eigenvalue weighted by molar-refractivity contribution is 0.856. The van der Waals surface area contributed by atoms with Crippen molar-refractivity contribution < 1.29 is 0 Å². The largest absolute Gasteiger partial charge is 0.261 e. The molecular formula is C14H17N3Si. The van der Waals surface area contributed by atoms with Crippen LogP contribution in [0.2, 0.25) is 19.6 Å². The van der Waals surface area contributed by atoms with Gasteiger partial charge in [0.2, 0.25) is 0 Å². The highest BCUT2D eigenvalue weighted by molar-refractivity contribution is 6.83. The second-order valence-corrected chi connectivity index (χ2v) is 10.1. The summed E-state index contributed by atoms with van der Waals surface area (Å²) in [5, 5.41) is 4.37. The van der Waals surface area contributed by atoms with Gasteiger partial charge in [-0.3, -0.25) is 4.98 Å². The van der Waals surface area contributed by atoms with E-state index in [1.54, 1.807) is 12.4 Å². The molecule has 2 aromatic rings. The Morgan fingerprint density at radius 1 is 1.22 bits per heavy atom. The van der Waals surface area contributed by atoms with Crippen LogP contribution in [-0.2, 0) is 0 Å². The number of rotatable bonds is 1. The van der Waals surface area contributed by atoms with E-state index in [-0.39, 0.29) is 0 Å². The summed E-state index contributed by atoms with van der Waals surface area (Å²) < 4.78 is 1.82. The Balaban J connectivity index is 2.33. The van der Waals surface area contributed by atoms with Gasteiger partial charge in [-0.2, -0.15) is 5.10 Å². The molecule has 0 aliphatic rings. The zero-order valence-corrected chi connectivity index (χ0v) is 12.2. The molecule has 18 heavy (non-hydrogen) atoms. The van der Waals surface area contributed by atoms with Crippen LogP contribution in [0, 0.1) is 18.4 Å². The standard InChI is InChI=1S/C14H17N3Si/c1-12-5-7-17(16-12)14-9-13(10-15-11-14)6-8-18(2,3)4/h5,7,9-11H,1-4H3. The third-order valence-electron chi connectivity index (χ3n) is 2.29. The van der Waals surface area contributed by atoms with Crippen molar-refractivity contribution in [2.45, 2.75) is 26.6 Å². The number of aromatic nitrogens is 3. The van der Waals surface area contributed by atoms with Gasteiger partial charge in [-0.25, -0.2) is 4.68 Å². The number of pyridine rings is 1. The molecule has 2 rings (SSSR count). The molecule has 0 fully saturated rings. The molecule has 2 heterocycles. The zero-order valence-electron chi connectivity index (χ0n) is 11.2. The van der Waals surface area contributed by atoms with Crippen LogP contribution in [0.25, 0.3) is 5.69 Å². The van der Waals surface area contributed by atoms with E-state index in [1.165, 1.54) is 0 Å². The average Bonchev–Trinajstić information content (AvgIpc) is 2.73. The molecule has 3 nitrogen and oxygen atoms in total. The first-order valence-corrected chi connectivity index (χ1v) is 9.45. The summed E-state index contributed by atoms with van der Waals surface area (Å²) >= 11 is 0. The predicted molar refractivity (Wildman–Crippen MR) is 76.3 cm³/mol. The maximum absolute atomic E-state index is 4.37. The molecule has 0 saturated carbocycles. The van der Waals surface area contributed by atoms with Gasteiger partial charge in [-0.05, 0) is 19.1 Å². The van der Waals surface area contributed by atoms with E-state index in [0.717, 1.165) is 16.9 Å². The fraction of sp³-hybridized carbons (Fsp3) is 0.286. The van der Waals surface area contributed by atoms with Crippen LogP contribution in [-0.4, -0.2) is 22.8 Å². The topological polar surface area (TPSA) is 30.7 Å². The van der Waals surface area contributed by atoms with Gasteiger partial charge in [0.15, 0.2) is 0 Å². The molecule has 0 aliphatic carbocycles. The lowest BCUT2D eigenvalue weighted by Gasteiger charge is -2.04. The van der Waals surface area contributed by atoms with E-state index in [0.29, 0.717) is 0 Å². The molecule has 4 heteroatoms. The van der Waals surface area contributed by atoms with Crippen LogP contribution < -0.4 is 0 Å². The Hall–Kier alpha value is -1.86. The minimum absolute atomic E-state index is 0.947. The van der Waals surface area contributed by atoms with E-state index >= 15 is 0 Å². The third-order valence-corrected chi connectivity index (χ3v) is 3.17. The van der Waals surface area contributed by atoms with Crippen LogP contribution >= 0.6 is 0 Å². The highest BCUT2D eigenvalue weighted by Gasteiger charge is 2.07. The van der Waals surface area contributed by atoms with Crippen molar-refractivity contribution >= 4 is 8.07 Å². The van der Waals surface area contributed by atoms with Gasteiger partial charge < -0.3 is 0 Å². The Morgan fingerprint density at radius 2 is 2.00 bits per heavy atom. The smallest absolute Gasteiger partial charge is 0.129 e. The van der Waals surface area contributed by atoms with Crippen LogP contribution in [0.3, 0.4) is 0 Å². The maximum atomic E-state index is 4.37. The van der Waals surface area contributed by atoms with Gasteiger partial charge in [0.05, 0.1) is 17.6 Å². The lowest BCUT2D eigenvalue weighted by atomic mass is 10.3. The minimum atomic E-state index is -1.34. The first-order valence-electron chi connectivity index (χ1n) is 5.95. The van der Waals surface area contributed by atoms with Crippen molar-refractivity contribution in [3.05, 3.63) is 42.0 Å². The Labute approximate surface area is 109 Å². The van der Waals surface area contributed by atoms with E-state index in [2.05, 4.69) is 41.2 Å². The average molecular weight is 255 g/mol. The van der Waals surface area contributed by atoms with Crippen molar-refractivity contribution in [3.8, 4) is 17.2 Å². The number of hydrogen-bond acceptors (Lipinski definition) is 2. The summed E-state index contributed by atoms with van der Waals surface area (Å²) in [4.78, 5) is 4.22. The van der Waals surface area contributed by atoms with Gasteiger partial charge in [-0.15, -0.1) is 5.54 Å².